The Morgan fingerprint density at radius 2 is 1.41 bits per heavy atom. The van der Waals surface area contributed by atoms with E-state index >= 15 is 0 Å². The van der Waals surface area contributed by atoms with Gasteiger partial charge in [0.15, 0.2) is 22.6 Å². The average molecular weight is 869 g/mol. The van der Waals surface area contributed by atoms with Gasteiger partial charge in [0.2, 0.25) is 5.95 Å². The highest BCUT2D eigenvalue weighted by molar-refractivity contribution is 7.47. The second kappa shape index (κ2) is 15.7. The Morgan fingerprint density at radius 3 is 2.15 bits per heavy atom. The highest BCUT2D eigenvalue weighted by Crippen LogP contribution is 2.52. The summed E-state index contributed by atoms with van der Waals surface area (Å²) >= 11 is 0. The second-order valence-electron chi connectivity index (χ2n) is 14.0. The number of hydrogen-bond acceptors (Lipinski definition) is 20. The Labute approximate surface area is 329 Å². The number of rotatable bonds is 13. The first-order valence-electron chi connectivity index (χ1n) is 17.9. The van der Waals surface area contributed by atoms with E-state index in [1.54, 1.807) is 11.5 Å². The molecule has 3 aliphatic heterocycles. The van der Waals surface area contributed by atoms with Crippen LogP contribution in [-0.4, -0.2) is 113 Å². The zero-order valence-electron chi connectivity index (χ0n) is 30.9. The van der Waals surface area contributed by atoms with Crippen LogP contribution in [-0.2, 0) is 41.4 Å². The normalized spacial score (nSPS) is 29.3. The lowest BCUT2D eigenvalue weighted by atomic mass is 10.2. The van der Waals surface area contributed by atoms with E-state index in [1.165, 1.54) is 36.7 Å². The predicted molar refractivity (Wildman–Crippen MR) is 197 cm³/mol. The van der Waals surface area contributed by atoms with E-state index in [0.717, 1.165) is 4.57 Å². The Bertz CT molecular complexity index is 2670. The topological polar surface area (TPSA) is 374 Å². The Kier molecular flexibility index (Phi) is 10.9. The number of hydrogen-bond donors (Lipinski definition) is 7. The molecule has 0 aromatic carbocycles. The Balaban J connectivity index is 0.951. The van der Waals surface area contributed by atoms with Gasteiger partial charge in [0.1, 0.15) is 48.8 Å². The van der Waals surface area contributed by atoms with Gasteiger partial charge in [-0.15, -0.1) is 0 Å². The van der Waals surface area contributed by atoms with Crippen molar-refractivity contribution >= 4 is 49.7 Å². The van der Waals surface area contributed by atoms with Crippen molar-refractivity contribution in [1.82, 2.24) is 48.6 Å². The summed E-state index contributed by atoms with van der Waals surface area (Å²) in [6, 6.07) is 0. The van der Waals surface area contributed by atoms with E-state index in [1.807, 2.05) is 0 Å². The summed E-state index contributed by atoms with van der Waals surface area (Å²) in [5.74, 6) is -0.0707. The maximum absolute atomic E-state index is 13.4. The van der Waals surface area contributed by atoms with Crippen LogP contribution in [0.4, 0.5) is 11.8 Å². The van der Waals surface area contributed by atoms with Gasteiger partial charge in [0.25, 0.3) is 11.1 Å². The first-order chi connectivity index (χ1) is 27.9. The van der Waals surface area contributed by atoms with Crippen LogP contribution < -0.4 is 28.3 Å². The summed E-state index contributed by atoms with van der Waals surface area (Å²) in [7, 11) is -9.96. The maximum atomic E-state index is 13.4. The summed E-state index contributed by atoms with van der Waals surface area (Å²) in [4.78, 5) is 83.3. The number of phosphoric ester groups is 2. The van der Waals surface area contributed by atoms with E-state index in [4.69, 9.17) is 43.8 Å². The van der Waals surface area contributed by atoms with Gasteiger partial charge < -0.3 is 40.6 Å². The van der Waals surface area contributed by atoms with Crippen LogP contribution in [0.5, 0.6) is 0 Å². The minimum absolute atomic E-state index is 0.000487. The maximum Gasteiger partial charge on any atom is 0.472 e. The number of aliphatic hydroxyl groups excluding tert-OH is 1. The zero-order chi connectivity index (χ0) is 42.0. The molecule has 2 unspecified atom stereocenters. The van der Waals surface area contributed by atoms with Crippen molar-refractivity contribution in [3.8, 4) is 0 Å². The molecule has 0 bridgehead atoms. The van der Waals surface area contributed by atoms with Crippen LogP contribution in [0.1, 0.15) is 50.4 Å². The smallest absolute Gasteiger partial charge is 0.390 e. The van der Waals surface area contributed by atoms with Crippen molar-refractivity contribution < 1.29 is 56.3 Å². The van der Waals surface area contributed by atoms with Crippen LogP contribution >= 0.6 is 15.6 Å². The first-order valence-corrected chi connectivity index (χ1v) is 20.9. The molecule has 3 aliphatic rings. The molecule has 8 heterocycles. The largest absolute Gasteiger partial charge is 0.472 e. The molecule has 0 aliphatic carbocycles. The van der Waals surface area contributed by atoms with E-state index in [2.05, 4.69) is 34.9 Å². The molecule has 59 heavy (non-hydrogen) atoms. The number of phosphoric acid groups is 2. The molecular formula is C30H38N12O15P2. The van der Waals surface area contributed by atoms with Crippen LogP contribution in [0.25, 0.3) is 22.3 Å². The summed E-state index contributed by atoms with van der Waals surface area (Å²) in [5, 5.41) is 10.6. The lowest BCUT2D eigenvalue weighted by Crippen LogP contribution is -2.33. The number of nitrogens with one attached hydrogen (secondary N) is 2. The summed E-state index contributed by atoms with van der Waals surface area (Å²) in [6.45, 7) is 1.69. The fourth-order valence-electron chi connectivity index (χ4n) is 7.03. The summed E-state index contributed by atoms with van der Waals surface area (Å²) in [6.07, 6.45) is -4.81. The van der Waals surface area contributed by atoms with Gasteiger partial charge in [-0.2, -0.15) is 4.98 Å². The molecule has 318 valence electrons. The number of aromatic amines is 2. The number of fused-ring (bicyclic) bond motifs is 2. The van der Waals surface area contributed by atoms with Crippen molar-refractivity contribution in [3.63, 3.8) is 0 Å². The molecule has 29 heteroatoms. The predicted octanol–water partition coefficient (Wildman–Crippen LogP) is -0.770. The fraction of sp³-hybridized carbons (Fsp3) is 0.533. The third kappa shape index (κ3) is 8.37. The first kappa shape index (κ1) is 41.0. The van der Waals surface area contributed by atoms with Gasteiger partial charge in [-0.05, 0) is 13.8 Å². The number of nitrogens with two attached hydrogens (primary N) is 2. The molecule has 27 nitrogen and oxygen atoms in total. The number of ether oxygens (including phenoxy) is 3. The van der Waals surface area contributed by atoms with Gasteiger partial charge in [-0.1, -0.05) is 0 Å². The van der Waals surface area contributed by atoms with Gasteiger partial charge in [-0.25, -0.2) is 33.9 Å². The van der Waals surface area contributed by atoms with Crippen molar-refractivity contribution in [2.75, 3.05) is 24.7 Å². The third-order valence-electron chi connectivity index (χ3n) is 9.97. The van der Waals surface area contributed by atoms with Crippen molar-refractivity contribution in [3.05, 3.63) is 61.9 Å². The summed E-state index contributed by atoms with van der Waals surface area (Å²) < 4.78 is 70.0. The van der Waals surface area contributed by atoms with E-state index in [9.17, 15) is 38.4 Å². The Morgan fingerprint density at radius 1 is 0.797 bits per heavy atom. The molecule has 3 saturated heterocycles. The number of nitrogens with zero attached hydrogens (tertiary/aromatic N) is 8. The molecule has 3 fully saturated rings. The van der Waals surface area contributed by atoms with Crippen molar-refractivity contribution in [2.45, 2.75) is 88.4 Å². The SMILES string of the molecule is Cc1cn([C@H]2C[C@H](O)[C@@H](COP(=O)(O)O[C@H]3C[C@H](n4cnc5c(=O)[nH]c(N)nc54)O[C@@H]3COP(=O)(O)O[C@H]3C[C@H](n4cnc5c(N)ncnc54)O[C@@H]3C)O2)c(=O)[nH]c1=O. The molecule has 0 radical (unpaired) electrons. The average Bonchev–Trinajstić information content (AvgIpc) is 4.00. The van der Waals surface area contributed by atoms with E-state index in [-0.39, 0.29) is 47.8 Å². The third-order valence-corrected chi connectivity index (χ3v) is 12.0. The van der Waals surface area contributed by atoms with Crippen LogP contribution in [0, 0.1) is 6.92 Å². The standard InChI is InChI=1S/C30H38N12O15P2/c1-12-6-40(30(46)39-27(12)44)19-3-14(43)17(54-19)7-51-59(49,50)57-16-5-21(42-11-36-23-26(42)37-29(32)38-28(23)45)55-18(16)8-52-58(47,48)56-15-4-20(53-13(15)2)41-10-35-22-24(31)33-9-34-25(22)41/h6,9-11,13-21,43H,3-5,7-8H2,1-2H3,(H,47,48)(H,49,50)(H2,31,33,34)(H,39,44,46)(H3,32,37,38,45)/t13-,14+,15+,16+,17-,18-,19-,20-,21-/m1/s1. The number of aromatic nitrogens is 10. The molecule has 0 amide bonds. The minimum Gasteiger partial charge on any atom is -0.390 e. The van der Waals surface area contributed by atoms with E-state index in [0.29, 0.717) is 11.2 Å². The van der Waals surface area contributed by atoms with Gasteiger partial charge in [0.05, 0.1) is 44.2 Å². The highest BCUT2D eigenvalue weighted by atomic mass is 31.2. The fourth-order valence-corrected chi connectivity index (χ4v) is 8.99. The van der Waals surface area contributed by atoms with Crippen molar-refractivity contribution in [2.24, 2.45) is 0 Å². The molecule has 0 saturated carbocycles. The monoisotopic (exact) mass is 868 g/mol. The molecule has 0 spiro atoms. The molecule has 5 aromatic rings. The number of nitrogen functional groups attached to an aromatic ring is 2. The number of aliphatic hydroxyl groups is 1. The lowest BCUT2D eigenvalue weighted by molar-refractivity contribution is -0.0581. The van der Waals surface area contributed by atoms with Crippen LogP contribution in [0.3, 0.4) is 0 Å². The van der Waals surface area contributed by atoms with Crippen LogP contribution in [0.2, 0.25) is 0 Å². The van der Waals surface area contributed by atoms with Crippen LogP contribution in [0.15, 0.2) is 39.6 Å². The number of imidazole rings is 2. The molecule has 8 rings (SSSR count). The molecule has 5 aromatic heterocycles. The summed E-state index contributed by atoms with van der Waals surface area (Å²) in [5.41, 5.74) is 10.5. The van der Waals surface area contributed by atoms with Gasteiger partial charge in [0, 0.05) is 31.0 Å². The lowest BCUT2D eigenvalue weighted by Gasteiger charge is -2.24. The molecule has 9 N–H and O–H groups in total. The highest BCUT2D eigenvalue weighted by Gasteiger charge is 2.46. The second-order valence-corrected chi connectivity index (χ2v) is 16.8. The van der Waals surface area contributed by atoms with Crippen molar-refractivity contribution in [1.29, 1.82) is 0 Å². The van der Waals surface area contributed by atoms with Gasteiger partial charge in [-0.3, -0.25) is 51.4 Å². The zero-order valence-corrected chi connectivity index (χ0v) is 32.7. The molecule has 11 atom stereocenters. The molecular weight excluding hydrogens is 830 g/mol. The number of H-pyrrole nitrogens is 2. The minimum atomic E-state index is -5.05. The van der Waals surface area contributed by atoms with Gasteiger partial charge >= 0.3 is 21.3 Å². The number of aryl methyl sites for hydroxylation is 1. The Hall–Kier alpha value is -4.76. The van der Waals surface area contributed by atoms with E-state index < -0.39 is 101 Å². The number of anilines is 2. The quantitative estimate of drug-likeness (QED) is 0.0714.